The summed E-state index contributed by atoms with van der Waals surface area (Å²) in [5.41, 5.74) is 0.743. The number of carbonyl (C=O) groups excluding carboxylic acids is 1. The van der Waals surface area contributed by atoms with Crippen LogP contribution in [0.1, 0.15) is 24.8 Å². The molecule has 1 amide bonds. The van der Waals surface area contributed by atoms with E-state index in [1.807, 2.05) is 17.0 Å². The van der Waals surface area contributed by atoms with Crippen molar-refractivity contribution in [2.45, 2.75) is 25.8 Å². The van der Waals surface area contributed by atoms with Crippen LogP contribution < -0.4 is 5.32 Å². The maximum absolute atomic E-state index is 13.3. The topological polar surface area (TPSA) is 44.8 Å². The summed E-state index contributed by atoms with van der Waals surface area (Å²) in [4.78, 5) is 17.7. The molecular formula is C20H32Cl2FN3O2. The summed E-state index contributed by atoms with van der Waals surface area (Å²) in [7, 11) is 1.68. The minimum atomic E-state index is -0.369. The summed E-state index contributed by atoms with van der Waals surface area (Å²) in [5, 5.41) is 3.35. The van der Waals surface area contributed by atoms with Crippen LogP contribution in [0.2, 0.25) is 0 Å². The summed E-state index contributed by atoms with van der Waals surface area (Å²) < 4.78 is 18.5. The van der Waals surface area contributed by atoms with Gasteiger partial charge in [-0.15, -0.1) is 24.8 Å². The molecule has 28 heavy (non-hydrogen) atoms. The average molecular weight is 436 g/mol. The predicted molar refractivity (Wildman–Crippen MR) is 114 cm³/mol. The Hall–Kier alpha value is -0.920. The molecule has 0 unspecified atom stereocenters. The highest BCUT2D eigenvalue weighted by atomic mass is 35.5. The number of amides is 1. The first-order valence-corrected chi connectivity index (χ1v) is 9.59. The third-order valence-electron chi connectivity index (χ3n) is 5.63. The Balaban J connectivity index is 0.00000196. The molecule has 1 N–H and O–H groups in total. The van der Waals surface area contributed by atoms with Gasteiger partial charge < -0.3 is 15.0 Å². The highest BCUT2D eigenvalue weighted by Gasteiger charge is 2.42. The van der Waals surface area contributed by atoms with Crippen LogP contribution in [0.4, 0.5) is 4.39 Å². The smallest absolute Gasteiger partial charge is 0.231 e. The SMILES string of the molecule is COCC1(C(=O)N2CCCN(Cc3ccc(F)cc3)CC2)CCNCC1.Cl.Cl. The molecular weight excluding hydrogens is 404 g/mol. The number of rotatable bonds is 5. The molecule has 2 saturated heterocycles. The quantitative estimate of drug-likeness (QED) is 0.771. The van der Waals surface area contributed by atoms with Gasteiger partial charge in [0.2, 0.25) is 5.91 Å². The summed E-state index contributed by atoms with van der Waals surface area (Å²) in [5.74, 6) is 0.0521. The van der Waals surface area contributed by atoms with E-state index in [-0.39, 0.29) is 42.0 Å². The molecule has 160 valence electrons. The molecule has 2 fully saturated rings. The fraction of sp³-hybridized carbons (Fsp3) is 0.650. The lowest BCUT2D eigenvalue weighted by atomic mass is 9.78. The fourth-order valence-corrected chi connectivity index (χ4v) is 4.12. The van der Waals surface area contributed by atoms with Crippen LogP contribution >= 0.6 is 24.8 Å². The Kier molecular flexibility index (Phi) is 10.7. The maximum atomic E-state index is 13.3. The lowest BCUT2D eigenvalue weighted by molar-refractivity contribution is -0.147. The molecule has 2 aliphatic heterocycles. The van der Waals surface area contributed by atoms with Crippen LogP contribution in [0.3, 0.4) is 0 Å². The van der Waals surface area contributed by atoms with Gasteiger partial charge in [0.05, 0.1) is 12.0 Å². The van der Waals surface area contributed by atoms with E-state index in [4.69, 9.17) is 4.74 Å². The second kappa shape index (κ2) is 11.9. The van der Waals surface area contributed by atoms with E-state index < -0.39 is 0 Å². The highest BCUT2D eigenvalue weighted by Crippen LogP contribution is 2.32. The van der Waals surface area contributed by atoms with Gasteiger partial charge in [-0.2, -0.15) is 0 Å². The van der Waals surface area contributed by atoms with E-state index in [2.05, 4.69) is 10.2 Å². The van der Waals surface area contributed by atoms with Gasteiger partial charge in [0.1, 0.15) is 5.82 Å². The van der Waals surface area contributed by atoms with Gasteiger partial charge in [-0.3, -0.25) is 9.69 Å². The van der Waals surface area contributed by atoms with Crippen molar-refractivity contribution >= 4 is 30.7 Å². The summed E-state index contributed by atoms with van der Waals surface area (Å²) in [6.45, 7) is 6.42. The van der Waals surface area contributed by atoms with Gasteiger partial charge in [0.15, 0.2) is 0 Å². The number of piperidine rings is 1. The molecule has 1 aromatic rings. The van der Waals surface area contributed by atoms with Crippen molar-refractivity contribution < 1.29 is 13.9 Å². The van der Waals surface area contributed by atoms with Crippen molar-refractivity contribution in [1.29, 1.82) is 0 Å². The van der Waals surface area contributed by atoms with E-state index in [1.54, 1.807) is 7.11 Å². The normalized spacial score (nSPS) is 19.9. The first kappa shape index (κ1) is 25.1. The molecule has 0 saturated carbocycles. The van der Waals surface area contributed by atoms with Gasteiger partial charge in [-0.05, 0) is 50.0 Å². The van der Waals surface area contributed by atoms with Crippen LogP contribution in [0, 0.1) is 11.2 Å². The molecule has 1 aromatic carbocycles. The maximum Gasteiger partial charge on any atom is 0.231 e. The summed E-state index contributed by atoms with van der Waals surface area (Å²) >= 11 is 0. The molecule has 8 heteroatoms. The van der Waals surface area contributed by atoms with Crippen LogP contribution in [0.25, 0.3) is 0 Å². The number of hydrogen-bond acceptors (Lipinski definition) is 4. The van der Waals surface area contributed by atoms with E-state index in [9.17, 15) is 9.18 Å². The minimum absolute atomic E-state index is 0. The Bertz CT molecular complexity index is 592. The second-order valence-electron chi connectivity index (χ2n) is 7.51. The average Bonchev–Trinajstić information content (AvgIpc) is 2.89. The lowest BCUT2D eigenvalue weighted by Crippen LogP contribution is -2.52. The van der Waals surface area contributed by atoms with E-state index >= 15 is 0 Å². The number of hydrogen-bond donors (Lipinski definition) is 1. The van der Waals surface area contributed by atoms with Crippen molar-refractivity contribution in [1.82, 2.24) is 15.1 Å². The number of carbonyl (C=O) groups is 1. The predicted octanol–water partition coefficient (Wildman–Crippen LogP) is 2.72. The van der Waals surface area contributed by atoms with Crippen molar-refractivity contribution in [2.24, 2.45) is 5.41 Å². The first-order valence-electron chi connectivity index (χ1n) is 9.59. The Morgan fingerprint density at radius 3 is 2.43 bits per heavy atom. The van der Waals surface area contributed by atoms with Crippen molar-refractivity contribution in [2.75, 3.05) is 53.0 Å². The van der Waals surface area contributed by atoms with Crippen molar-refractivity contribution in [3.63, 3.8) is 0 Å². The van der Waals surface area contributed by atoms with E-state index in [1.165, 1.54) is 12.1 Å². The standard InChI is InChI=1S/C20H30FN3O2.2ClH/c1-26-16-20(7-9-22-10-8-20)19(25)24-12-2-11-23(13-14-24)15-17-3-5-18(21)6-4-17;;/h3-6,22H,2,7-16H2,1H3;2*1H. The third-order valence-corrected chi connectivity index (χ3v) is 5.63. The molecule has 0 bridgehead atoms. The molecule has 2 aliphatic rings. The number of benzene rings is 1. The van der Waals surface area contributed by atoms with Gasteiger partial charge in [0, 0.05) is 39.8 Å². The monoisotopic (exact) mass is 435 g/mol. The Labute approximate surface area is 179 Å². The number of halogens is 3. The van der Waals surface area contributed by atoms with E-state index in [0.29, 0.717) is 6.61 Å². The van der Waals surface area contributed by atoms with Crippen molar-refractivity contribution in [3.05, 3.63) is 35.6 Å². The molecule has 3 rings (SSSR count). The molecule has 0 atom stereocenters. The van der Waals surface area contributed by atoms with Gasteiger partial charge >= 0.3 is 0 Å². The summed E-state index contributed by atoms with van der Waals surface area (Å²) in [6.07, 6.45) is 2.65. The highest BCUT2D eigenvalue weighted by molar-refractivity contribution is 5.85. The van der Waals surface area contributed by atoms with E-state index in [0.717, 1.165) is 70.6 Å². The van der Waals surface area contributed by atoms with Crippen molar-refractivity contribution in [3.8, 4) is 0 Å². The molecule has 0 spiro atoms. The van der Waals surface area contributed by atoms with Crippen LogP contribution in [-0.2, 0) is 16.1 Å². The van der Waals surface area contributed by atoms with Gasteiger partial charge in [-0.1, -0.05) is 12.1 Å². The molecule has 0 radical (unpaired) electrons. The molecule has 5 nitrogen and oxygen atoms in total. The molecule has 2 heterocycles. The Morgan fingerprint density at radius 2 is 1.79 bits per heavy atom. The zero-order valence-electron chi connectivity index (χ0n) is 16.5. The zero-order valence-corrected chi connectivity index (χ0v) is 18.1. The largest absolute Gasteiger partial charge is 0.384 e. The van der Waals surface area contributed by atoms with Crippen LogP contribution in [-0.4, -0.2) is 68.7 Å². The minimum Gasteiger partial charge on any atom is -0.384 e. The van der Waals surface area contributed by atoms with Gasteiger partial charge in [0.25, 0.3) is 0 Å². The van der Waals surface area contributed by atoms with Gasteiger partial charge in [-0.25, -0.2) is 4.39 Å². The number of methoxy groups -OCH3 is 1. The first-order chi connectivity index (χ1) is 12.6. The zero-order chi connectivity index (χ0) is 18.4. The van der Waals surface area contributed by atoms with Crippen LogP contribution in [0.15, 0.2) is 24.3 Å². The third kappa shape index (κ3) is 6.29. The second-order valence-corrected chi connectivity index (χ2v) is 7.51. The molecule has 0 aliphatic carbocycles. The number of ether oxygens (including phenoxy) is 1. The summed E-state index contributed by atoms with van der Waals surface area (Å²) in [6, 6.07) is 6.70. The Morgan fingerprint density at radius 1 is 1.11 bits per heavy atom. The number of nitrogens with zero attached hydrogens (tertiary/aromatic N) is 2. The van der Waals surface area contributed by atoms with Crippen LogP contribution in [0.5, 0.6) is 0 Å². The molecule has 0 aromatic heterocycles. The fourth-order valence-electron chi connectivity index (χ4n) is 4.12. The number of nitrogens with one attached hydrogen (secondary N) is 1. The lowest BCUT2D eigenvalue weighted by Gasteiger charge is -2.39.